The average Bonchev–Trinajstić information content (AvgIpc) is 2.59. The van der Waals surface area contributed by atoms with E-state index in [9.17, 15) is 4.79 Å². The van der Waals surface area contributed by atoms with Crippen molar-refractivity contribution in [1.29, 1.82) is 0 Å². The SMILES string of the molecule is COc1cccc(CNC(=O)C(N)C2CCOCC2)c1OC. The van der Waals surface area contributed by atoms with Gasteiger partial charge in [-0.05, 0) is 24.8 Å². The molecule has 1 aliphatic heterocycles. The number of nitrogens with one attached hydrogen (secondary N) is 1. The Hall–Kier alpha value is -1.79. The van der Waals surface area contributed by atoms with E-state index in [4.69, 9.17) is 19.9 Å². The number of rotatable bonds is 6. The molecule has 1 aromatic carbocycles. The van der Waals surface area contributed by atoms with Crippen LogP contribution in [0.15, 0.2) is 18.2 Å². The normalized spacial score (nSPS) is 16.9. The molecule has 1 atom stereocenters. The van der Waals surface area contributed by atoms with Gasteiger partial charge in [0.2, 0.25) is 5.91 Å². The maximum Gasteiger partial charge on any atom is 0.237 e. The van der Waals surface area contributed by atoms with Crippen LogP contribution in [0.3, 0.4) is 0 Å². The standard InChI is InChI=1S/C16H24N2O4/c1-20-13-5-3-4-12(15(13)21-2)10-18-16(19)14(17)11-6-8-22-9-7-11/h3-5,11,14H,6-10,17H2,1-2H3,(H,18,19). The van der Waals surface area contributed by atoms with Gasteiger partial charge in [-0.15, -0.1) is 0 Å². The minimum Gasteiger partial charge on any atom is -0.493 e. The van der Waals surface area contributed by atoms with Crippen LogP contribution in [-0.4, -0.2) is 39.4 Å². The molecule has 6 nitrogen and oxygen atoms in total. The Morgan fingerprint density at radius 2 is 2.09 bits per heavy atom. The second kappa shape index (κ2) is 8.00. The van der Waals surface area contributed by atoms with Crippen molar-refractivity contribution in [2.45, 2.75) is 25.4 Å². The van der Waals surface area contributed by atoms with Crippen molar-refractivity contribution < 1.29 is 19.0 Å². The number of hydrogen-bond donors (Lipinski definition) is 2. The number of amides is 1. The third kappa shape index (κ3) is 3.90. The zero-order valence-corrected chi connectivity index (χ0v) is 13.1. The molecule has 0 aromatic heterocycles. The molecule has 0 saturated carbocycles. The molecule has 1 unspecified atom stereocenters. The molecule has 22 heavy (non-hydrogen) atoms. The number of benzene rings is 1. The zero-order chi connectivity index (χ0) is 15.9. The van der Waals surface area contributed by atoms with Crippen LogP contribution in [0.25, 0.3) is 0 Å². The predicted octanol–water partition coefficient (Wildman–Crippen LogP) is 1.07. The van der Waals surface area contributed by atoms with Gasteiger partial charge in [-0.3, -0.25) is 4.79 Å². The molecule has 0 aliphatic carbocycles. The second-order valence-corrected chi connectivity index (χ2v) is 5.35. The molecule has 1 amide bonds. The number of nitrogens with two attached hydrogens (primary N) is 1. The highest BCUT2D eigenvalue weighted by molar-refractivity contribution is 5.81. The van der Waals surface area contributed by atoms with Crippen LogP contribution in [0.5, 0.6) is 11.5 Å². The predicted molar refractivity (Wildman–Crippen MR) is 82.9 cm³/mol. The number of ether oxygens (including phenoxy) is 3. The molecule has 1 fully saturated rings. The van der Waals surface area contributed by atoms with Gasteiger partial charge in [-0.2, -0.15) is 0 Å². The highest BCUT2D eigenvalue weighted by atomic mass is 16.5. The maximum atomic E-state index is 12.2. The van der Waals surface area contributed by atoms with Crippen LogP contribution in [0, 0.1) is 5.92 Å². The van der Waals surface area contributed by atoms with E-state index in [1.807, 2.05) is 18.2 Å². The van der Waals surface area contributed by atoms with Crippen LogP contribution in [0.2, 0.25) is 0 Å². The van der Waals surface area contributed by atoms with Gasteiger partial charge >= 0.3 is 0 Å². The summed E-state index contributed by atoms with van der Waals surface area (Å²) in [5.74, 6) is 1.31. The largest absolute Gasteiger partial charge is 0.493 e. The lowest BCUT2D eigenvalue weighted by atomic mass is 9.92. The van der Waals surface area contributed by atoms with Crippen LogP contribution in [0.1, 0.15) is 18.4 Å². The lowest BCUT2D eigenvalue weighted by Gasteiger charge is -2.26. The van der Waals surface area contributed by atoms with E-state index >= 15 is 0 Å². The zero-order valence-electron chi connectivity index (χ0n) is 13.1. The summed E-state index contributed by atoms with van der Waals surface area (Å²) < 4.78 is 15.9. The lowest BCUT2D eigenvalue weighted by Crippen LogP contribution is -2.46. The fourth-order valence-corrected chi connectivity index (χ4v) is 2.68. The van der Waals surface area contributed by atoms with E-state index in [2.05, 4.69) is 5.32 Å². The Kier molecular flexibility index (Phi) is 6.03. The average molecular weight is 308 g/mol. The van der Waals surface area contributed by atoms with E-state index in [1.54, 1.807) is 14.2 Å². The molecule has 1 heterocycles. The minimum atomic E-state index is -0.500. The summed E-state index contributed by atoms with van der Waals surface area (Å²) in [7, 11) is 3.16. The number of para-hydroxylation sites is 1. The molecule has 0 bridgehead atoms. The second-order valence-electron chi connectivity index (χ2n) is 5.35. The first-order chi connectivity index (χ1) is 10.7. The first-order valence-corrected chi connectivity index (χ1v) is 7.48. The van der Waals surface area contributed by atoms with Crippen LogP contribution >= 0.6 is 0 Å². The first-order valence-electron chi connectivity index (χ1n) is 7.48. The molecule has 1 aliphatic rings. The van der Waals surface area contributed by atoms with Crippen molar-refractivity contribution in [3.8, 4) is 11.5 Å². The smallest absolute Gasteiger partial charge is 0.237 e. The molecule has 3 N–H and O–H groups in total. The van der Waals surface area contributed by atoms with Crippen molar-refractivity contribution >= 4 is 5.91 Å². The van der Waals surface area contributed by atoms with Gasteiger partial charge in [0, 0.05) is 25.3 Å². The number of methoxy groups -OCH3 is 2. The maximum absolute atomic E-state index is 12.2. The summed E-state index contributed by atoms with van der Waals surface area (Å²) in [5.41, 5.74) is 6.92. The Bertz CT molecular complexity index is 501. The molecule has 0 radical (unpaired) electrons. The fraction of sp³-hybridized carbons (Fsp3) is 0.562. The Balaban J connectivity index is 1.96. The van der Waals surface area contributed by atoms with E-state index < -0.39 is 6.04 Å². The molecule has 1 aromatic rings. The summed E-state index contributed by atoms with van der Waals surface area (Å²) in [6, 6.07) is 5.07. The number of carbonyl (C=O) groups is 1. The minimum absolute atomic E-state index is 0.142. The quantitative estimate of drug-likeness (QED) is 0.821. The molecule has 1 saturated heterocycles. The highest BCUT2D eigenvalue weighted by Crippen LogP contribution is 2.30. The molecule has 0 spiro atoms. The Morgan fingerprint density at radius 3 is 2.73 bits per heavy atom. The Morgan fingerprint density at radius 1 is 1.36 bits per heavy atom. The summed E-state index contributed by atoms with van der Waals surface area (Å²) in [6.07, 6.45) is 1.66. The van der Waals surface area contributed by atoms with E-state index in [1.165, 1.54) is 0 Å². The van der Waals surface area contributed by atoms with Gasteiger partial charge < -0.3 is 25.3 Å². The first kappa shape index (κ1) is 16.6. The third-order valence-electron chi connectivity index (χ3n) is 4.01. The molecular weight excluding hydrogens is 284 g/mol. The molecular formula is C16H24N2O4. The van der Waals surface area contributed by atoms with Crippen LogP contribution in [-0.2, 0) is 16.1 Å². The summed E-state index contributed by atoms with van der Waals surface area (Å²) >= 11 is 0. The fourth-order valence-electron chi connectivity index (χ4n) is 2.68. The van der Waals surface area contributed by atoms with Crippen molar-refractivity contribution in [3.05, 3.63) is 23.8 Å². The van der Waals surface area contributed by atoms with Crippen molar-refractivity contribution in [2.24, 2.45) is 11.7 Å². The molecule has 2 rings (SSSR count). The number of hydrogen-bond acceptors (Lipinski definition) is 5. The number of carbonyl (C=O) groups excluding carboxylic acids is 1. The van der Waals surface area contributed by atoms with Gasteiger partial charge in [0.15, 0.2) is 11.5 Å². The van der Waals surface area contributed by atoms with Gasteiger partial charge in [-0.1, -0.05) is 12.1 Å². The topological polar surface area (TPSA) is 82.8 Å². The monoisotopic (exact) mass is 308 g/mol. The van der Waals surface area contributed by atoms with Gasteiger partial charge in [-0.25, -0.2) is 0 Å². The van der Waals surface area contributed by atoms with Crippen LogP contribution in [0.4, 0.5) is 0 Å². The van der Waals surface area contributed by atoms with Crippen molar-refractivity contribution in [2.75, 3.05) is 27.4 Å². The van der Waals surface area contributed by atoms with Gasteiger partial charge in [0.05, 0.1) is 20.3 Å². The summed E-state index contributed by atoms with van der Waals surface area (Å²) in [5, 5.41) is 2.88. The lowest BCUT2D eigenvalue weighted by molar-refractivity contribution is -0.124. The molecule has 6 heteroatoms. The van der Waals surface area contributed by atoms with Gasteiger partial charge in [0.1, 0.15) is 0 Å². The summed E-state index contributed by atoms with van der Waals surface area (Å²) in [4.78, 5) is 12.2. The molecule has 122 valence electrons. The Labute approximate surface area is 130 Å². The van der Waals surface area contributed by atoms with Crippen molar-refractivity contribution in [3.63, 3.8) is 0 Å². The highest BCUT2D eigenvalue weighted by Gasteiger charge is 2.26. The van der Waals surface area contributed by atoms with E-state index in [0.717, 1.165) is 18.4 Å². The van der Waals surface area contributed by atoms with Gasteiger partial charge in [0.25, 0.3) is 0 Å². The van der Waals surface area contributed by atoms with Crippen LogP contribution < -0.4 is 20.5 Å². The summed E-state index contributed by atoms with van der Waals surface area (Å²) in [6.45, 7) is 1.71. The van der Waals surface area contributed by atoms with E-state index in [-0.39, 0.29) is 11.8 Å². The van der Waals surface area contributed by atoms with E-state index in [0.29, 0.717) is 31.3 Å². The third-order valence-corrected chi connectivity index (χ3v) is 4.01. The van der Waals surface area contributed by atoms with Crippen molar-refractivity contribution in [1.82, 2.24) is 5.32 Å².